The monoisotopic (exact) mass is 496 g/mol. The lowest BCUT2D eigenvalue weighted by molar-refractivity contribution is -0.259. The van der Waals surface area contributed by atoms with Crippen molar-refractivity contribution < 1.29 is 19.8 Å². The van der Waals surface area contributed by atoms with Gasteiger partial charge in [0.15, 0.2) is 0 Å². The largest absolute Gasteiger partial charge is 0.545 e. The van der Waals surface area contributed by atoms with Gasteiger partial charge >= 0.3 is 0 Å². The zero-order valence-electron chi connectivity index (χ0n) is 22.5. The molecule has 202 valence electrons. The van der Waals surface area contributed by atoms with Gasteiger partial charge in [0.05, 0.1) is 11.9 Å². The summed E-state index contributed by atoms with van der Waals surface area (Å²) in [6, 6.07) is 3.43. The number of carboxylic acid groups (broad SMARTS) is 2. The maximum absolute atomic E-state index is 12.5. The van der Waals surface area contributed by atoms with Crippen LogP contribution in [-0.4, -0.2) is 11.9 Å². The van der Waals surface area contributed by atoms with E-state index in [2.05, 4.69) is 0 Å². The minimum atomic E-state index is -1.41. The lowest BCUT2D eigenvalue weighted by Crippen LogP contribution is -2.32. The highest BCUT2D eigenvalue weighted by molar-refractivity contribution is 6.01. The molecule has 2 fully saturated rings. The Hall–Kier alpha value is -1.84. The molecule has 2 saturated carbocycles. The van der Waals surface area contributed by atoms with Crippen LogP contribution in [0.3, 0.4) is 0 Å². The van der Waals surface area contributed by atoms with E-state index in [1.54, 1.807) is 0 Å². The molecule has 0 heterocycles. The summed E-state index contributed by atoms with van der Waals surface area (Å²) >= 11 is 0. The van der Waals surface area contributed by atoms with Crippen LogP contribution in [0, 0.1) is 0 Å². The van der Waals surface area contributed by atoms with Gasteiger partial charge in [0.1, 0.15) is 0 Å². The Morgan fingerprint density at radius 3 is 1.22 bits per heavy atom. The maximum Gasteiger partial charge on any atom is 0.0724 e. The molecular weight excluding hydrogens is 448 g/mol. The highest BCUT2D eigenvalue weighted by Gasteiger charge is 2.26. The predicted octanol–water partition coefficient (Wildman–Crippen LogP) is 7.19. The van der Waals surface area contributed by atoms with Crippen LogP contribution < -0.4 is 10.2 Å². The summed E-state index contributed by atoms with van der Waals surface area (Å²) in [7, 11) is 0. The van der Waals surface area contributed by atoms with Crippen molar-refractivity contribution in [2.75, 3.05) is 0 Å². The normalized spacial score (nSPS) is 21.3. The van der Waals surface area contributed by atoms with Gasteiger partial charge in [0.25, 0.3) is 0 Å². The number of hydrogen-bond donors (Lipinski definition) is 0. The smallest absolute Gasteiger partial charge is 0.0724 e. The SMILES string of the molecule is O=C([O-])c1ccc(C2CCCCCCCCCCC2)c(C2CCCCCCCCCCC2)c1C(=O)[O-]. The number of rotatable bonds is 4. The fourth-order valence-electron chi connectivity index (χ4n) is 6.75. The lowest BCUT2D eigenvalue weighted by atomic mass is 9.75. The predicted molar refractivity (Wildman–Crippen MR) is 142 cm³/mol. The Morgan fingerprint density at radius 1 is 0.500 bits per heavy atom. The Balaban J connectivity index is 2.00. The Bertz CT molecular complexity index is 791. The maximum atomic E-state index is 12.5. The molecule has 4 heteroatoms. The van der Waals surface area contributed by atoms with E-state index in [-0.39, 0.29) is 23.0 Å². The topological polar surface area (TPSA) is 80.3 Å². The number of benzene rings is 1. The molecule has 0 saturated heterocycles. The zero-order chi connectivity index (χ0) is 25.6. The highest BCUT2D eigenvalue weighted by atomic mass is 16.4. The number of aromatic carboxylic acids is 2. The molecule has 0 unspecified atom stereocenters. The number of carbonyl (C=O) groups excluding carboxylic acids is 2. The van der Waals surface area contributed by atoms with Crippen LogP contribution >= 0.6 is 0 Å². The van der Waals surface area contributed by atoms with Crippen LogP contribution in [-0.2, 0) is 0 Å². The van der Waals surface area contributed by atoms with Crippen LogP contribution in [0.2, 0.25) is 0 Å². The van der Waals surface area contributed by atoms with Crippen molar-refractivity contribution in [1.29, 1.82) is 0 Å². The number of carboxylic acids is 2. The first-order valence-electron chi connectivity index (χ1n) is 15.2. The molecule has 36 heavy (non-hydrogen) atoms. The highest BCUT2D eigenvalue weighted by Crippen LogP contribution is 2.41. The van der Waals surface area contributed by atoms with Crippen molar-refractivity contribution in [3.8, 4) is 0 Å². The minimum Gasteiger partial charge on any atom is -0.545 e. The first-order valence-corrected chi connectivity index (χ1v) is 15.2. The average molecular weight is 497 g/mol. The van der Waals surface area contributed by atoms with Gasteiger partial charge in [-0.2, -0.15) is 0 Å². The fraction of sp³-hybridized carbons (Fsp3) is 0.750. The summed E-state index contributed by atoms with van der Waals surface area (Å²) in [6.07, 6.45) is 26.0. The molecular formula is C32H48O4-2. The van der Waals surface area contributed by atoms with Gasteiger partial charge in [0.2, 0.25) is 0 Å². The minimum absolute atomic E-state index is 0.0769. The van der Waals surface area contributed by atoms with Gasteiger partial charge in [-0.05, 0) is 48.6 Å². The summed E-state index contributed by atoms with van der Waals surface area (Å²) in [5, 5.41) is 24.5. The third-order valence-corrected chi connectivity index (χ3v) is 8.76. The molecule has 0 bridgehead atoms. The molecule has 0 amide bonds. The van der Waals surface area contributed by atoms with Crippen LogP contribution in [0.1, 0.15) is 185 Å². The fourth-order valence-corrected chi connectivity index (χ4v) is 6.75. The van der Waals surface area contributed by atoms with Crippen molar-refractivity contribution in [2.24, 2.45) is 0 Å². The van der Waals surface area contributed by atoms with Gasteiger partial charge in [-0.25, -0.2) is 0 Å². The molecule has 0 aliphatic heterocycles. The second-order valence-electron chi connectivity index (χ2n) is 11.5. The molecule has 2 aliphatic carbocycles. The first kappa shape index (κ1) is 28.7. The zero-order valence-corrected chi connectivity index (χ0v) is 22.5. The molecule has 0 atom stereocenters. The van der Waals surface area contributed by atoms with Crippen molar-refractivity contribution in [1.82, 2.24) is 0 Å². The van der Waals surface area contributed by atoms with E-state index < -0.39 is 11.9 Å². The second kappa shape index (κ2) is 16.1. The summed E-state index contributed by atoms with van der Waals surface area (Å²) in [6.45, 7) is 0. The van der Waals surface area contributed by atoms with E-state index in [0.717, 1.165) is 75.3 Å². The first-order chi connectivity index (χ1) is 17.6. The van der Waals surface area contributed by atoms with E-state index in [9.17, 15) is 19.8 Å². The summed E-state index contributed by atoms with van der Waals surface area (Å²) < 4.78 is 0. The van der Waals surface area contributed by atoms with Gasteiger partial charge in [-0.15, -0.1) is 0 Å². The number of carbonyl (C=O) groups is 2. The van der Waals surface area contributed by atoms with Gasteiger partial charge in [-0.3, -0.25) is 0 Å². The second-order valence-corrected chi connectivity index (χ2v) is 11.5. The van der Waals surface area contributed by atoms with Crippen molar-refractivity contribution >= 4 is 11.9 Å². The van der Waals surface area contributed by atoms with Crippen LogP contribution in [0.4, 0.5) is 0 Å². The molecule has 0 radical (unpaired) electrons. The Kier molecular flexibility index (Phi) is 12.8. The molecule has 0 spiro atoms. The quantitative estimate of drug-likeness (QED) is 0.442. The Morgan fingerprint density at radius 2 is 0.861 bits per heavy atom. The van der Waals surface area contributed by atoms with Crippen LogP contribution in [0.5, 0.6) is 0 Å². The molecule has 1 aromatic rings. The summed E-state index contributed by atoms with van der Waals surface area (Å²) in [5.74, 6) is -2.40. The lowest BCUT2D eigenvalue weighted by Gasteiger charge is -2.31. The van der Waals surface area contributed by atoms with Crippen molar-refractivity contribution in [2.45, 2.75) is 153 Å². The van der Waals surface area contributed by atoms with E-state index >= 15 is 0 Å². The van der Waals surface area contributed by atoms with Crippen LogP contribution in [0.15, 0.2) is 12.1 Å². The molecule has 1 aromatic carbocycles. The van der Waals surface area contributed by atoms with E-state index in [4.69, 9.17) is 0 Å². The van der Waals surface area contributed by atoms with Crippen molar-refractivity contribution in [3.63, 3.8) is 0 Å². The van der Waals surface area contributed by atoms with Crippen molar-refractivity contribution in [3.05, 3.63) is 34.4 Å². The van der Waals surface area contributed by atoms with E-state index in [1.165, 1.54) is 83.1 Å². The molecule has 0 N–H and O–H groups in total. The third-order valence-electron chi connectivity index (χ3n) is 8.76. The summed E-state index contributed by atoms with van der Waals surface area (Å²) in [4.78, 5) is 24.5. The summed E-state index contributed by atoms with van der Waals surface area (Å²) in [5.41, 5.74) is 1.59. The third kappa shape index (κ3) is 8.92. The number of hydrogen-bond acceptors (Lipinski definition) is 4. The Labute approximate surface area is 219 Å². The van der Waals surface area contributed by atoms with Gasteiger partial charge < -0.3 is 19.8 Å². The molecule has 0 aromatic heterocycles. The van der Waals surface area contributed by atoms with Gasteiger partial charge in [0, 0.05) is 11.1 Å². The molecule has 3 rings (SSSR count). The van der Waals surface area contributed by atoms with Gasteiger partial charge in [-0.1, -0.05) is 128 Å². The van der Waals surface area contributed by atoms with E-state index in [1.807, 2.05) is 6.07 Å². The average Bonchev–Trinajstić information content (AvgIpc) is 2.84. The van der Waals surface area contributed by atoms with E-state index in [0.29, 0.717) is 0 Å². The van der Waals surface area contributed by atoms with Crippen LogP contribution in [0.25, 0.3) is 0 Å². The molecule has 2 aliphatic rings. The standard InChI is InChI=1S/C32H50O4/c33-31(34)28-24-23-27(25-19-15-11-7-3-1-4-8-12-16-20-25)29(30(28)32(35)36)26-21-17-13-9-5-2-6-10-14-18-22-26/h23-26H,1-22H2,(H,33,34)(H,35,36)/p-2. The molecule has 4 nitrogen and oxygen atoms in total.